The molecule has 43 heavy (non-hydrogen) atoms. The van der Waals surface area contributed by atoms with E-state index in [4.69, 9.17) is 14.6 Å². The number of morpholine rings is 1. The number of hydrogen-bond acceptors (Lipinski definition) is 7. The van der Waals surface area contributed by atoms with Gasteiger partial charge in [0, 0.05) is 44.8 Å². The molecule has 3 aliphatic rings. The molecule has 3 fully saturated rings. The molecular formula is C29H37F3N4O6S. The van der Waals surface area contributed by atoms with E-state index >= 15 is 0 Å². The third-order valence-corrected chi connectivity index (χ3v) is 9.13. The Balaban J connectivity index is 0.000000541. The number of sulfonamides is 1. The number of piperazine rings is 1. The van der Waals surface area contributed by atoms with Crippen LogP contribution >= 0.6 is 0 Å². The van der Waals surface area contributed by atoms with E-state index in [2.05, 4.69) is 14.9 Å². The Morgan fingerprint density at radius 1 is 0.930 bits per heavy atom. The average Bonchev–Trinajstić information content (AvgIpc) is 3.02. The van der Waals surface area contributed by atoms with Gasteiger partial charge < -0.3 is 25.0 Å². The summed E-state index contributed by atoms with van der Waals surface area (Å²) in [5, 5.41) is 10.5. The number of ether oxygens (including phenoxy) is 1. The minimum atomic E-state index is -5.08. The smallest absolute Gasteiger partial charge is 0.475 e. The summed E-state index contributed by atoms with van der Waals surface area (Å²) in [5.41, 5.74) is 2.92. The van der Waals surface area contributed by atoms with Crippen molar-refractivity contribution in [1.29, 1.82) is 0 Å². The van der Waals surface area contributed by atoms with Crippen molar-refractivity contribution in [2.45, 2.75) is 49.1 Å². The van der Waals surface area contributed by atoms with Crippen LogP contribution in [0.25, 0.3) is 0 Å². The monoisotopic (exact) mass is 626 g/mol. The number of alkyl halides is 3. The predicted octanol–water partition coefficient (Wildman–Crippen LogP) is 4.05. The molecule has 2 aromatic carbocycles. The van der Waals surface area contributed by atoms with E-state index in [1.54, 1.807) is 29.2 Å². The second-order valence-electron chi connectivity index (χ2n) is 10.7. The van der Waals surface area contributed by atoms with E-state index in [1.165, 1.54) is 37.7 Å². The molecule has 14 heteroatoms. The number of carbonyl (C=O) groups excluding carboxylic acids is 1. The number of halogens is 3. The fourth-order valence-electron chi connectivity index (χ4n) is 5.44. The maximum absolute atomic E-state index is 13.5. The summed E-state index contributed by atoms with van der Waals surface area (Å²) >= 11 is 0. The van der Waals surface area contributed by atoms with Gasteiger partial charge in [-0.2, -0.15) is 13.2 Å². The molecule has 0 radical (unpaired) electrons. The molecular weight excluding hydrogens is 589 g/mol. The zero-order valence-corrected chi connectivity index (χ0v) is 24.6. The second-order valence-corrected chi connectivity index (χ2v) is 12.4. The van der Waals surface area contributed by atoms with Gasteiger partial charge in [-0.25, -0.2) is 13.2 Å². The van der Waals surface area contributed by atoms with Crippen molar-refractivity contribution < 1.29 is 41.0 Å². The van der Waals surface area contributed by atoms with Gasteiger partial charge in [0.1, 0.15) is 0 Å². The molecule has 5 rings (SSSR count). The van der Waals surface area contributed by atoms with Crippen LogP contribution in [0.5, 0.6) is 0 Å². The highest BCUT2D eigenvalue weighted by molar-refractivity contribution is 7.92. The molecule has 3 N–H and O–H groups in total. The highest BCUT2D eigenvalue weighted by Crippen LogP contribution is 2.34. The molecule has 0 bridgehead atoms. The van der Waals surface area contributed by atoms with Crippen LogP contribution in [0.3, 0.4) is 0 Å². The molecule has 1 aliphatic carbocycles. The topological polar surface area (TPSA) is 128 Å². The third kappa shape index (κ3) is 8.83. The van der Waals surface area contributed by atoms with Crippen molar-refractivity contribution in [1.82, 2.24) is 10.2 Å². The van der Waals surface area contributed by atoms with Crippen LogP contribution in [0.4, 0.5) is 24.5 Å². The lowest BCUT2D eigenvalue weighted by molar-refractivity contribution is -0.192. The van der Waals surface area contributed by atoms with E-state index < -0.39 is 22.2 Å². The number of nitrogens with zero attached hydrogens (tertiary/aromatic N) is 2. The number of nitrogens with one attached hydrogen (secondary N) is 2. The standard InChI is InChI=1S/C27H36N4O4S.C2HF3O2/c32-27(31-16-18-35-19-17-31)23-8-11-26(30-14-12-28-13-15-30)25(20-23)29-36(33,34)24-9-6-22(7-10-24)21-4-2-1-3-5-21;3-2(4,5)1(6)7/h6-11,20-21,28-29H,1-5,12-19H2;(H,6,7). The number of amides is 1. The van der Waals surface area contributed by atoms with Gasteiger partial charge >= 0.3 is 12.1 Å². The average molecular weight is 627 g/mol. The number of anilines is 2. The summed E-state index contributed by atoms with van der Waals surface area (Å²) in [7, 11) is -3.83. The Bertz CT molecular complexity index is 1350. The van der Waals surface area contributed by atoms with Gasteiger partial charge in [-0.3, -0.25) is 9.52 Å². The molecule has 0 atom stereocenters. The quantitative estimate of drug-likeness (QED) is 0.438. The van der Waals surface area contributed by atoms with Crippen LogP contribution in [-0.2, 0) is 19.6 Å². The lowest BCUT2D eigenvalue weighted by atomic mass is 9.84. The maximum atomic E-state index is 13.5. The molecule has 1 saturated carbocycles. The Morgan fingerprint density at radius 2 is 1.53 bits per heavy atom. The number of benzene rings is 2. The summed E-state index contributed by atoms with van der Waals surface area (Å²) in [5.74, 6) is -2.35. The van der Waals surface area contributed by atoms with Crippen molar-refractivity contribution in [3.8, 4) is 0 Å². The first kappa shape index (κ1) is 32.6. The molecule has 1 amide bonds. The summed E-state index contributed by atoms with van der Waals surface area (Å²) in [6.45, 7) is 5.27. The SMILES string of the molecule is O=C(O)C(F)(F)F.O=C(c1ccc(N2CCNCC2)c(NS(=O)(=O)c2ccc(C3CCCCC3)cc2)c1)N1CCOCC1. The Kier molecular flexibility index (Phi) is 10.9. The van der Waals surface area contributed by atoms with E-state index in [9.17, 15) is 26.4 Å². The summed E-state index contributed by atoms with van der Waals surface area (Å²) in [4.78, 5) is 26.2. The zero-order chi connectivity index (χ0) is 31.0. The predicted molar refractivity (Wildman–Crippen MR) is 155 cm³/mol. The van der Waals surface area contributed by atoms with Gasteiger partial charge in [0.2, 0.25) is 0 Å². The second kappa shape index (κ2) is 14.4. The normalized spacial score (nSPS) is 18.4. The molecule has 2 heterocycles. The first-order valence-electron chi connectivity index (χ1n) is 14.4. The minimum Gasteiger partial charge on any atom is -0.475 e. The molecule has 2 aliphatic heterocycles. The number of carbonyl (C=O) groups is 2. The van der Waals surface area contributed by atoms with Crippen molar-refractivity contribution in [3.05, 3.63) is 53.6 Å². The number of rotatable bonds is 6. The fourth-order valence-corrected chi connectivity index (χ4v) is 6.51. The van der Waals surface area contributed by atoms with Crippen LogP contribution < -0.4 is 14.9 Å². The zero-order valence-electron chi connectivity index (χ0n) is 23.7. The van der Waals surface area contributed by atoms with Crippen LogP contribution in [0.15, 0.2) is 47.4 Å². The number of hydrogen-bond donors (Lipinski definition) is 3. The van der Waals surface area contributed by atoms with Crippen molar-refractivity contribution in [3.63, 3.8) is 0 Å². The van der Waals surface area contributed by atoms with Gasteiger partial charge in [-0.05, 0) is 54.7 Å². The van der Waals surface area contributed by atoms with Gasteiger partial charge in [0.15, 0.2) is 0 Å². The first-order valence-corrected chi connectivity index (χ1v) is 15.8. The summed E-state index contributed by atoms with van der Waals surface area (Å²) in [6, 6.07) is 12.7. The highest BCUT2D eigenvalue weighted by Gasteiger charge is 2.38. The number of carboxylic acid groups (broad SMARTS) is 1. The van der Waals surface area contributed by atoms with Crippen LogP contribution in [0, 0.1) is 0 Å². The van der Waals surface area contributed by atoms with Gasteiger partial charge in [0.25, 0.3) is 15.9 Å². The van der Waals surface area contributed by atoms with Gasteiger partial charge in [0.05, 0.1) is 29.5 Å². The number of aliphatic carboxylic acids is 1. The van der Waals surface area contributed by atoms with Gasteiger partial charge in [-0.15, -0.1) is 0 Å². The lowest BCUT2D eigenvalue weighted by Gasteiger charge is -2.32. The Morgan fingerprint density at radius 3 is 2.12 bits per heavy atom. The van der Waals surface area contributed by atoms with E-state index in [-0.39, 0.29) is 10.8 Å². The van der Waals surface area contributed by atoms with E-state index in [1.807, 2.05) is 18.2 Å². The van der Waals surface area contributed by atoms with E-state index in [0.29, 0.717) is 43.5 Å². The molecule has 2 aromatic rings. The molecule has 236 valence electrons. The molecule has 0 unspecified atom stereocenters. The lowest BCUT2D eigenvalue weighted by Crippen LogP contribution is -2.44. The minimum absolute atomic E-state index is 0.109. The maximum Gasteiger partial charge on any atom is 0.490 e. The Hall–Kier alpha value is -3.36. The highest BCUT2D eigenvalue weighted by atomic mass is 32.2. The van der Waals surface area contributed by atoms with Crippen molar-refractivity contribution in [2.75, 3.05) is 62.1 Å². The third-order valence-electron chi connectivity index (χ3n) is 7.75. The first-order chi connectivity index (χ1) is 20.5. The summed E-state index contributed by atoms with van der Waals surface area (Å²) < 4.78 is 66.8. The summed E-state index contributed by atoms with van der Waals surface area (Å²) in [6.07, 6.45) is 1.02. The van der Waals surface area contributed by atoms with Crippen molar-refractivity contribution >= 4 is 33.3 Å². The van der Waals surface area contributed by atoms with E-state index in [0.717, 1.165) is 31.9 Å². The van der Waals surface area contributed by atoms with Crippen LogP contribution in [0.2, 0.25) is 0 Å². The molecule has 0 spiro atoms. The molecule has 10 nitrogen and oxygen atoms in total. The van der Waals surface area contributed by atoms with Crippen molar-refractivity contribution in [2.24, 2.45) is 0 Å². The fraction of sp³-hybridized carbons (Fsp3) is 0.517. The molecule has 0 aromatic heterocycles. The number of carboxylic acids is 1. The van der Waals surface area contributed by atoms with Crippen LogP contribution in [-0.4, -0.2) is 89.0 Å². The van der Waals surface area contributed by atoms with Crippen LogP contribution in [0.1, 0.15) is 53.9 Å². The Labute approximate surface area is 249 Å². The van der Waals surface area contributed by atoms with Gasteiger partial charge in [-0.1, -0.05) is 31.4 Å². The molecule has 2 saturated heterocycles. The largest absolute Gasteiger partial charge is 0.490 e.